The van der Waals surface area contributed by atoms with Crippen molar-refractivity contribution in [2.24, 2.45) is 10.9 Å². The number of benzene rings is 2. The standard InChI is InChI=1S/C18H18ClN3O4S/c19-14-8-10-15(11-9-14)27(24,25)22-12-4-7-16(22)18(23)26-21-17(20)13-5-2-1-3-6-13/h1-3,5-6,8-11,16H,4,7,12H2,(H2,20,21)/t16-/m0/s1. The first-order valence-corrected chi connectivity index (χ1v) is 10.1. The van der Waals surface area contributed by atoms with E-state index in [0.717, 1.165) is 4.31 Å². The average Bonchev–Trinajstić information content (AvgIpc) is 3.18. The molecule has 2 aromatic carbocycles. The molecule has 0 unspecified atom stereocenters. The number of hydrogen-bond acceptors (Lipinski definition) is 5. The first kappa shape index (κ1) is 19.3. The molecule has 142 valence electrons. The molecule has 3 rings (SSSR count). The zero-order chi connectivity index (χ0) is 19.4. The fourth-order valence-electron chi connectivity index (χ4n) is 2.82. The van der Waals surface area contributed by atoms with Crippen LogP contribution in [0, 0.1) is 0 Å². The van der Waals surface area contributed by atoms with Gasteiger partial charge in [-0.2, -0.15) is 4.31 Å². The molecule has 1 saturated heterocycles. The van der Waals surface area contributed by atoms with Crippen molar-refractivity contribution in [2.45, 2.75) is 23.8 Å². The Bertz CT molecular complexity index is 946. The Morgan fingerprint density at radius 2 is 1.81 bits per heavy atom. The second-order valence-corrected chi connectivity index (χ2v) is 8.31. The van der Waals surface area contributed by atoms with E-state index in [4.69, 9.17) is 22.2 Å². The zero-order valence-corrected chi connectivity index (χ0v) is 15.9. The van der Waals surface area contributed by atoms with Crippen molar-refractivity contribution < 1.29 is 18.0 Å². The number of halogens is 1. The topological polar surface area (TPSA) is 102 Å². The minimum Gasteiger partial charge on any atom is -0.380 e. The molecule has 7 nitrogen and oxygen atoms in total. The summed E-state index contributed by atoms with van der Waals surface area (Å²) < 4.78 is 26.8. The highest BCUT2D eigenvalue weighted by atomic mass is 35.5. The van der Waals surface area contributed by atoms with Gasteiger partial charge in [0, 0.05) is 17.1 Å². The second kappa shape index (κ2) is 8.08. The predicted octanol–water partition coefficient (Wildman–Crippen LogP) is 2.36. The molecule has 0 bridgehead atoms. The number of sulfonamides is 1. The van der Waals surface area contributed by atoms with Crippen molar-refractivity contribution >= 4 is 33.4 Å². The molecule has 0 aliphatic carbocycles. The van der Waals surface area contributed by atoms with E-state index >= 15 is 0 Å². The van der Waals surface area contributed by atoms with E-state index in [-0.39, 0.29) is 17.3 Å². The number of carbonyl (C=O) groups is 1. The molecular weight excluding hydrogens is 390 g/mol. The van der Waals surface area contributed by atoms with E-state index in [0.29, 0.717) is 23.4 Å². The minimum atomic E-state index is -3.85. The Morgan fingerprint density at radius 1 is 1.15 bits per heavy atom. The maximum absolute atomic E-state index is 12.8. The van der Waals surface area contributed by atoms with Gasteiger partial charge in [-0.15, -0.1) is 0 Å². The summed E-state index contributed by atoms with van der Waals surface area (Å²) in [5, 5.41) is 4.07. The van der Waals surface area contributed by atoms with Crippen molar-refractivity contribution in [3.05, 3.63) is 65.2 Å². The number of amidine groups is 1. The van der Waals surface area contributed by atoms with E-state index in [1.54, 1.807) is 24.3 Å². The number of oxime groups is 1. The maximum atomic E-state index is 12.8. The van der Waals surface area contributed by atoms with Gasteiger partial charge in [-0.25, -0.2) is 13.2 Å². The van der Waals surface area contributed by atoms with Gasteiger partial charge in [-0.05, 0) is 37.1 Å². The van der Waals surface area contributed by atoms with Gasteiger partial charge in [-0.3, -0.25) is 0 Å². The molecule has 1 aliphatic heterocycles. The molecule has 0 saturated carbocycles. The summed E-state index contributed by atoms with van der Waals surface area (Å²) in [6.07, 6.45) is 0.900. The largest absolute Gasteiger partial charge is 0.380 e. The summed E-state index contributed by atoms with van der Waals surface area (Å²) in [5.74, 6) is -0.724. The molecule has 0 spiro atoms. The quantitative estimate of drug-likeness (QED) is 0.355. The van der Waals surface area contributed by atoms with Crippen LogP contribution in [0.4, 0.5) is 0 Å². The van der Waals surface area contributed by atoms with Crippen LogP contribution in [0.2, 0.25) is 5.02 Å². The number of rotatable bonds is 5. The van der Waals surface area contributed by atoms with E-state index in [2.05, 4.69) is 5.16 Å². The van der Waals surface area contributed by atoms with E-state index in [9.17, 15) is 13.2 Å². The summed E-state index contributed by atoms with van der Waals surface area (Å²) in [7, 11) is -3.85. The molecule has 9 heteroatoms. The van der Waals surface area contributed by atoms with Gasteiger partial charge in [0.2, 0.25) is 10.0 Å². The van der Waals surface area contributed by atoms with Crippen LogP contribution in [0.15, 0.2) is 64.6 Å². The molecule has 2 aromatic rings. The molecule has 0 radical (unpaired) electrons. The monoisotopic (exact) mass is 407 g/mol. The third-order valence-electron chi connectivity index (χ3n) is 4.20. The normalized spacial score (nSPS) is 18.4. The highest BCUT2D eigenvalue weighted by molar-refractivity contribution is 7.89. The van der Waals surface area contributed by atoms with Crippen LogP contribution in [0.5, 0.6) is 0 Å². The molecule has 1 fully saturated rings. The van der Waals surface area contributed by atoms with E-state index < -0.39 is 22.0 Å². The van der Waals surface area contributed by atoms with Crippen LogP contribution in [0.25, 0.3) is 0 Å². The third-order valence-corrected chi connectivity index (χ3v) is 6.37. The van der Waals surface area contributed by atoms with Crippen LogP contribution in [-0.2, 0) is 19.7 Å². The Balaban J connectivity index is 1.75. The molecule has 1 atom stereocenters. The molecule has 0 aromatic heterocycles. The molecule has 1 aliphatic rings. The molecule has 0 amide bonds. The summed E-state index contributed by atoms with van der Waals surface area (Å²) in [5.41, 5.74) is 6.40. The average molecular weight is 408 g/mol. The van der Waals surface area contributed by atoms with Gasteiger partial charge in [0.25, 0.3) is 0 Å². The van der Waals surface area contributed by atoms with Gasteiger partial charge in [-0.1, -0.05) is 47.1 Å². The number of nitrogens with zero attached hydrogens (tertiary/aromatic N) is 2. The first-order valence-electron chi connectivity index (χ1n) is 8.27. The molecule has 2 N–H and O–H groups in total. The zero-order valence-electron chi connectivity index (χ0n) is 14.3. The van der Waals surface area contributed by atoms with Crippen LogP contribution >= 0.6 is 11.6 Å². The fraction of sp³-hybridized carbons (Fsp3) is 0.222. The molecular formula is C18H18ClN3O4S. The van der Waals surface area contributed by atoms with Gasteiger partial charge >= 0.3 is 5.97 Å². The summed E-state index contributed by atoms with van der Waals surface area (Å²) in [6.45, 7) is 0.225. The lowest BCUT2D eigenvalue weighted by molar-refractivity contribution is -0.147. The lowest BCUT2D eigenvalue weighted by Gasteiger charge is -2.21. The van der Waals surface area contributed by atoms with Crippen LogP contribution < -0.4 is 5.73 Å². The van der Waals surface area contributed by atoms with Gasteiger partial charge in [0.15, 0.2) is 5.84 Å². The first-order chi connectivity index (χ1) is 12.9. The fourth-order valence-corrected chi connectivity index (χ4v) is 4.59. The lowest BCUT2D eigenvalue weighted by Crippen LogP contribution is -2.41. The van der Waals surface area contributed by atoms with Gasteiger partial charge in [0.05, 0.1) is 4.90 Å². The van der Waals surface area contributed by atoms with Crippen molar-refractivity contribution in [3.63, 3.8) is 0 Å². The Labute approximate surface area is 162 Å². The smallest absolute Gasteiger partial charge is 0.353 e. The predicted molar refractivity (Wildman–Crippen MR) is 102 cm³/mol. The SMILES string of the molecule is N/C(=N\OC(=O)[C@@H]1CCCN1S(=O)(=O)c1ccc(Cl)cc1)c1ccccc1. The molecule has 1 heterocycles. The van der Waals surface area contributed by atoms with E-state index in [1.807, 2.05) is 6.07 Å². The minimum absolute atomic E-state index is 0.0362. The van der Waals surface area contributed by atoms with E-state index in [1.165, 1.54) is 24.3 Å². The van der Waals surface area contributed by atoms with Crippen LogP contribution in [0.1, 0.15) is 18.4 Å². The van der Waals surface area contributed by atoms with Crippen molar-refractivity contribution in [3.8, 4) is 0 Å². The molecule has 27 heavy (non-hydrogen) atoms. The van der Waals surface area contributed by atoms with Crippen LogP contribution in [0.3, 0.4) is 0 Å². The third kappa shape index (κ3) is 4.29. The van der Waals surface area contributed by atoms with Crippen molar-refractivity contribution in [2.75, 3.05) is 6.54 Å². The van der Waals surface area contributed by atoms with Crippen molar-refractivity contribution in [1.29, 1.82) is 0 Å². The van der Waals surface area contributed by atoms with Crippen LogP contribution in [-0.4, -0.2) is 37.1 Å². The number of carbonyl (C=O) groups excluding carboxylic acids is 1. The Morgan fingerprint density at radius 3 is 2.48 bits per heavy atom. The summed E-state index contributed by atoms with van der Waals surface area (Å²) in [4.78, 5) is 17.4. The highest BCUT2D eigenvalue weighted by Crippen LogP contribution is 2.27. The second-order valence-electron chi connectivity index (χ2n) is 5.98. The maximum Gasteiger partial charge on any atom is 0.353 e. The van der Waals surface area contributed by atoms with Gasteiger partial charge in [0.1, 0.15) is 6.04 Å². The Kier molecular flexibility index (Phi) is 5.79. The van der Waals surface area contributed by atoms with Gasteiger partial charge < -0.3 is 10.6 Å². The number of nitrogens with two attached hydrogens (primary N) is 1. The highest BCUT2D eigenvalue weighted by Gasteiger charge is 2.40. The lowest BCUT2D eigenvalue weighted by atomic mass is 10.2. The summed E-state index contributed by atoms with van der Waals surface area (Å²) in [6, 6.07) is 13.7. The summed E-state index contributed by atoms with van der Waals surface area (Å²) >= 11 is 5.81. The van der Waals surface area contributed by atoms with Crippen molar-refractivity contribution in [1.82, 2.24) is 4.31 Å². The Hall–Kier alpha value is -2.42. The number of hydrogen-bond donors (Lipinski definition) is 1.